The average Bonchev–Trinajstić information content (AvgIpc) is 2.65. The monoisotopic (exact) mass is 344 g/mol. The summed E-state index contributed by atoms with van der Waals surface area (Å²) in [6, 6.07) is 29.3. The van der Waals surface area contributed by atoms with Gasteiger partial charge in [-0.3, -0.25) is 0 Å². The molecule has 0 amide bonds. The third-order valence-electron chi connectivity index (χ3n) is 4.28. The van der Waals surface area contributed by atoms with Gasteiger partial charge in [0.05, 0.1) is 0 Å². The Morgan fingerprint density at radius 3 is 1.62 bits per heavy atom. The normalized spacial score (nSPS) is 12.4. The molecule has 0 spiro atoms. The SMILES string of the molecule is S/C(=C(/S)c1c2ccccc2cc2ccccc12)c1ccccc1. The first-order valence-electron chi connectivity index (χ1n) is 7.84. The number of benzene rings is 4. The van der Waals surface area contributed by atoms with Gasteiger partial charge in [0.25, 0.3) is 0 Å². The molecule has 0 aliphatic carbocycles. The molecule has 0 saturated carbocycles. The van der Waals surface area contributed by atoms with Crippen molar-refractivity contribution in [2.45, 2.75) is 0 Å². The van der Waals surface area contributed by atoms with Crippen molar-refractivity contribution >= 4 is 56.6 Å². The highest BCUT2D eigenvalue weighted by molar-refractivity contribution is 7.96. The second-order valence-corrected chi connectivity index (χ2v) is 6.65. The van der Waals surface area contributed by atoms with Crippen LogP contribution in [0.15, 0.2) is 84.9 Å². The highest BCUT2D eigenvalue weighted by Gasteiger charge is 2.12. The van der Waals surface area contributed by atoms with E-state index in [-0.39, 0.29) is 0 Å². The first-order valence-corrected chi connectivity index (χ1v) is 8.73. The lowest BCUT2D eigenvalue weighted by atomic mass is 9.96. The van der Waals surface area contributed by atoms with E-state index in [4.69, 9.17) is 25.3 Å². The highest BCUT2D eigenvalue weighted by Crippen LogP contribution is 2.39. The van der Waals surface area contributed by atoms with Crippen molar-refractivity contribution in [2.75, 3.05) is 0 Å². The lowest BCUT2D eigenvalue weighted by molar-refractivity contribution is 1.66. The lowest BCUT2D eigenvalue weighted by Gasteiger charge is -2.14. The molecule has 0 saturated heterocycles. The van der Waals surface area contributed by atoms with E-state index in [9.17, 15) is 0 Å². The maximum absolute atomic E-state index is 4.88. The van der Waals surface area contributed by atoms with Crippen LogP contribution in [0.5, 0.6) is 0 Å². The molecule has 4 aromatic rings. The topological polar surface area (TPSA) is 0 Å². The van der Waals surface area contributed by atoms with Crippen LogP contribution in [-0.2, 0) is 0 Å². The molecule has 116 valence electrons. The Labute approximate surface area is 152 Å². The van der Waals surface area contributed by atoms with Crippen molar-refractivity contribution in [3.8, 4) is 0 Å². The van der Waals surface area contributed by atoms with E-state index in [1.165, 1.54) is 21.5 Å². The van der Waals surface area contributed by atoms with Gasteiger partial charge in [0.15, 0.2) is 0 Å². The molecule has 0 unspecified atom stereocenters. The van der Waals surface area contributed by atoms with Crippen LogP contribution in [0, 0.1) is 0 Å². The second kappa shape index (κ2) is 6.39. The summed E-state index contributed by atoms with van der Waals surface area (Å²) in [5, 5.41) is 4.83. The molecular weight excluding hydrogens is 328 g/mol. The minimum Gasteiger partial charge on any atom is -0.142 e. The molecule has 0 N–H and O–H groups in total. The van der Waals surface area contributed by atoms with E-state index >= 15 is 0 Å². The van der Waals surface area contributed by atoms with Gasteiger partial charge in [-0.1, -0.05) is 78.9 Å². The first kappa shape index (κ1) is 15.4. The van der Waals surface area contributed by atoms with Crippen LogP contribution >= 0.6 is 25.3 Å². The van der Waals surface area contributed by atoms with Gasteiger partial charge in [-0.2, -0.15) is 0 Å². The number of rotatable bonds is 2. The molecule has 0 atom stereocenters. The van der Waals surface area contributed by atoms with E-state index < -0.39 is 0 Å². The minimum atomic E-state index is 0.889. The van der Waals surface area contributed by atoms with Gasteiger partial charge >= 0.3 is 0 Å². The molecule has 0 nitrogen and oxygen atoms in total. The summed E-state index contributed by atoms with van der Waals surface area (Å²) in [5.41, 5.74) is 2.21. The van der Waals surface area contributed by atoms with Crippen LogP contribution in [0.1, 0.15) is 11.1 Å². The average molecular weight is 345 g/mol. The van der Waals surface area contributed by atoms with Crippen molar-refractivity contribution in [1.29, 1.82) is 0 Å². The summed E-state index contributed by atoms with van der Waals surface area (Å²) in [7, 11) is 0. The van der Waals surface area contributed by atoms with Gasteiger partial charge in [-0.25, -0.2) is 0 Å². The third-order valence-corrected chi connectivity index (χ3v) is 5.39. The Bertz CT molecular complexity index is 1010. The highest BCUT2D eigenvalue weighted by atomic mass is 32.1. The maximum Gasteiger partial charge on any atom is 0.0265 e. The standard InChI is InChI=1S/C22H16S2/c23-21(15-8-2-1-3-9-15)22(24)20-18-12-6-4-10-16(18)14-17-11-5-7-13-19(17)20/h1-14,23-24H/b22-21+. The zero-order valence-electron chi connectivity index (χ0n) is 13.0. The zero-order valence-corrected chi connectivity index (χ0v) is 14.8. The molecule has 0 heterocycles. The van der Waals surface area contributed by atoms with Crippen LogP contribution in [0.3, 0.4) is 0 Å². The van der Waals surface area contributed by atoms with Crippen molar-refractivity contribution in [3.63, 3.8) is 0 Å². The van der Waals surface area contributed by atoms with E-state index in [0.29, 0.717) is 0 Å². The molecule has 0 fully saturated rings. The van der Waals surface area contributed by atoms with Gasteiger partial charge in [0.2, 0.25) is 0 Å². The first-order chi connectivity index (χ1) is 11.8. The van der Waals surface area contributed by atoms with Crippen LogP contribution in [0.4, 0.5) is 0 Å². The molecule has 0 aromatic heterocycles. The van der Waals surface area contributed by atoms with E-state index in [1.807, 2.05) is 18.2 Å². The van der Waals surface area contributed by atoms with Crippen molar-refractivity contribution < 1.29 is 0 Å². The fourth-order valence-corrected chi connectivity index (χ4v) is 3.75. The summed E-state index contributed by atoms with van der Waals surface area (Å²) >= 11 is 9.66. The second-order valence-electron chi connectivity index (χ2n) is 5.76. The molecule has 4 rings (SSSR count). The van der Waals surface area contributed by atoms with Gasteiger partial charge in [-0.05, 0) is 33.2 Å². The summed E-state index contributed by atoms with van der Waals surface area (Å²) in [6.07, 6.45) is 0. The third kappa shape index (κ3) is 2.62. The zero-order chi connectivity index (χ0) is 16.5. The Balaban J connectivity index is 2.10. The van der Waals surface area contributed by atoms with E-state index in [0.717, 1.165) is 20.9 Å². The molecule has 0 radical (unpaired) electrons. The van der Waals surface area contributed by atoms with Crippen LogP contribution in [0.2, 0.25) is 0 Å². The molecule has 2 heteroatoms. The molecule has 0 bridgehead atoms. The minimum absolute atomic E-state index is 0.889. The molecule has 0 aliphatic rings. The van der Waals surface area contributed by atoms with Crippen molar-refractivity contribution in [2.24, 2.45) is 0 Å². The number of hydrogen-bond acceptors (Lipinski definition) is 2. The van der Waals surface area contributed by atoms with Crippen LogP contribution < -0.4 is 0 Å². The van der Waals surface area contributed by atoms with Crippen LogP contribution in [-0.4, -0.2) is 0 Å². The van der Waals surface area contributed by atoms with E-state index in [2.05, 4.69) is 66.7 Å². The summed E-state index contributed by atoms with van der Waals surface area (Å²) < 4.78 is 0. The molecule has 4 aromatic carbocycles. The van der Waals surface area contributed by atoms with Gasteiger partial charge in [-0.15, -0.1) is 25.3 Å². The Kier molecular flexibility index (Phi) is 4.09. The Morgan fingerprint density at radius 1 is 0.542 bits per heavy atom. The van der Waals surface area contributed by atoms with Crippen molar-refractivity contribution in [1.82, 2.24) is 0 Å². The maximum atomic E-state index is 4.88. The fraction of sp³-hybridized carbons (Fsp3) is 0. The predicted octanol–water partition coefficient (Wildman–Crippen LogP) is 6.68. The Hall–Kier alpha value is -2.16. The largest absolute Gasteiger partial charge is 0.142 e. The van der Waals surface area contributed by atoms with Gasteiger partial charge < -0.3 is 0 Å². The van der Waals surface area contributed by atoms with Gasteiger partial charge in [0.1, 0.15) is 0 Å². The Morgan fingerprint density at radius 2 is 1.04 bits per heavy atom. The fourth-order valence-electron chi connectivity index (χ4n) is 3.12. The summed E-state index contributed by atoms with van der Waals surface area (Å²) in [5.74, 6) is 0. The molecular formula is C22H16S2. The van der Waals surface area contributed by atoms with E-state index in [1.54, 1.807) is 0 Å². The smallest absolute Gasteiger partial charge is 0.0265 e. The summed E-state index contributed by atoms with van der Waals surface area (Å²) in [6.45, 7) is 0. The quantitative estimate of drug-likeness (QED) is 0.226. The van der Waals surface area contributed by atoms with Crippen LogP contribution in [0.25, 0.3) is 31.4 Å². The molecule has 0 aliphatic heterocycles. The molecule has 24 heavy (non-hydrogen) atoms. The predicted molar refractivity (Wildman–Crippen MR) is 113 cm³/mol. The lowest BCUT2D eigenvalue weighted by Crippen LogP contribution is -1.88. The number of fused-ring (bicyclic) bond motifs is 2. The number of thiol groups is 2. The van der Waals surface area contributed by atoms with Gasteiger partial charge in [0, 0.05) is 15.4 Å². The number of hydrogen-bond donors (Lipinski definition) is 2. The van der Waals surface area contributed by atoms with Crippen molar-refractivity contribution in [3.05, 3.63) is 96.1 Å². The summed E-state index contributed by atoms with van der Waals surface area (Å²) in [4.78, 5) is 1.79.